The fraction of sp³-hybridized carbons (Fsp3) is 0.562. The maximum atomic E-state index is 12.2. The maximum absolute atomic E-state index is 12.2. The van der Waals surface area contributed by atoms with Crippen molar-refractivity contribution in [2.75, 3.05) is 32.1 Å². The van der Waals surface area contributed by atoms with Gasteiger partial charge in [-0.15, -0.1) is 0 Å². The van der Waals surface area contributed by atoms with Crippen molar-refractivity contribution in [2.24, 2.45) is 5.92 Å². The second kappa shape index (κ2) is 6.75. The number of hydrogen-bond acceptors (Lipinski definition) is 3. The second-order valence-corrected chi connectivity index (χ2v) is 5.81. The van der Waals surface area contributed by atoms with Gasteiger partial charge in [0.1, 0.15) is 0 Å². The Kier molecular flexibility index (Phi) is 5.01. The Balaban J connectivity index is 1.93. The van der Waals surface area contributed by atoms with Crippen LogP contribution in [0.4, 0.5) is 5.69 Å². The molecule has 0 bridgehead atoms. The minimum absolute atomic E-state index is 0.0216. The number of hydrogen-bond donors (Lipinski definition) is 2. The number of carbonyl (C=O) groups is 1. The number of anilines is 1. The molecule has 1 heterocycles. The highest BCUT2D eigenvalue weighted by molar-refractivity contribution is 5.94. The van der Waals surface area contributed by atoms with E-state index in [1.807, 2.05) is 43.3 Å². The van der Waals surface area contributed by atoms with Crippen molar-refractivity contribution >= 4 is 11.6 Å². The molecule has 0 radical (unpaired) electrons. The van der Waals surface area contributed by atoms with E-state index in [1.165, 1.54) is 12.8 Å². The van der Waals surface area contributed by atoms with E-state index in [1.54, 1.807) is 0 Å². The third-order valence-corrected chi connectivity index (χ3v) is 4.05. The zero-order chi connectivity index (χ0) is 14.5. The molecule has 1 amide bonds. The molecule has 1 aromatic rings. The summed E-state index contributed by atoms with van der Waals surface area (Å²) in [7, 11) is 3.99. The van der Waals surface area contributed by atoms with Gasteiger partial charge in [-0.1, -0.05) is 0 Å². The van der Waals surface area contributed by atoms with Gasteiger partial charge in [0.15, 0.2) is 0 Å². The molecule has 2 N–H and O–H groups in total. The molecule has 0 saturated carbocycles. The topological polar surface area (TPSA) is 44.4 Å². The van der Waals surface area contributed by atoms with E-state index in [4.69, 9.17) is 0 Å². The Morgan fingerprint density at radius 3 is 2.60 bits per heavy atom. The average Bonchev–Trinajstić information content (AvgIpc) is 2.48. The van der Waals surface area contributed by atoms with Crippen LogP contribution in [-0.4, -0.2) is 39.1 Å². The number of benzene rings is 1. The van der Waals surface area contributed by atoms with Gasteiger partial charge in [-0.05, 0) is 63.0 Å². The van der Waals surface area contributed by atoms with Crippen LogP contribution >= 0.6 is 0 Å². The van der Waals surface area contributed by atoms with Gasteiger partial charge < -0.3 is 15.5 Å². The minimum Gasteiger partial charge on any atom is -0.378 e. The molecule has 1 aliphatic rings. The fourth-order valence-electron chi connectivity index (χ4n) is 2.62. The molecule has 0 aliphatic carbocycles. The number of piperidine rings is 1. The monoisotopic (exact) mass is 275 g/mol. The predicted octanol–water partition coefficient (Wildman–Crippen LogP) is 1.87. The van der Waals surface area contributed by atoms with Gasteiger partial charge in [-0.3, -0.25) is 4.79 Å². The van der Waals surface area contributed by atoms with Crippen LogP contribution in [0.25, 0.3) is 0 Å². The number of amides is 1. The molecule has 0 aromatic heterocycles. The van der Waals surface area contributed by atoms with Gasteiger partial charge in [-0.25, -0.2) is 0 Å². The van der Waals surface area contributed by atoms with Crippen LogP contribution in [-0.2, 0) is 0 Å². The lowest BCUT2D eigenvalue weighted by atomic mass is 9.92. The van der Waals surface area contributed by atoms with E-state index >= 15 is 0 Å². The number of carbonyl (C=O) groups excluding carboxylic acids is 1. The molecular formula is C16H25N3O. The SMILES string of the molecule is CC(NC(=O)c1ccc(N(C)C)cc1)C1CCCNC1. The Morgan fingerprint density at radius 2 is 2.05 bits per heavy atom. The largest absolute Gasteiger partial charge is 0.378 e. The van der Waals surface area contributed by atoms with Crippen LogP contribution in [0, 0.1) is 5.92 Å². The summed E-state index contributed by atoms with van der Waals surface area (Å²) >= 11 is 0. The molecule has 20 heavy (non-hydrogen) atoms. The van der Waals surface area contributed by atoms with Crippen molar-refractivity contribution in [1.29, 1.82) is 0 Å². The third kappa shape index (κ3) is 3.73. The van der Waals surface area contributed by atoms with E-state index in [0.717, 1.165) is 24.3 Å². The molecule has 2 atom stereocenters. The van der Waals surface area contributed by atoms with Crippen molar-refractivity contribution in [2.45, 2.75) is 25.8 Å². The van der Waals surface area contributed by atoms with Crippen LogP contribution in [0.1, 0.15) is 30.1 Å². The molecule has 1 aliphatic heterocycles. The lowest BCUT2D eigenvalue weighted by molar-refractivity contribution is 0.0922. The summed E-state index contributed by atoms with van der Waals surface area (Å²) in [4.78, 5) is 14.3. The van der Waals surface area contributed by atoms with Crippen LogP contribution < -0.4 is 15.5 Å². The predicted molar refractivity (Wildman–Crippen MR) is 83.3 cm³/mol. The number of nitrogens with one attached hydrogen (secondary N) is 2. The van der Waals surface area contributed by atoms with E-state index in [2.05, 4.69) is 17.6 Å². The first-order valence-electron chi connectivity index (χ1n) is 7.37. The van der Waals surface area contributed by atoms with Crippen LogP contribution in [0.5, 0.6) is 0 Å². The maximum Gasteiger partial charge on any atom is 0.251 e. The summed E-state index contributed by atoms with van der Waals surface area (Å²) in [5.74, 6) is 0.558. The van der Waals surface area contributed by atoms with Gasteiger partial charge in [0, 0.05) is 31.4 Å². The zero-order valence-corrected chi connectivity index (χ0v) is 12.6. The molecule has 110 valence electrons. The fourth-order valence-corrected chi connectivity index (χ4v) is 2.62. The highest BCUT2D eigenvalue weighted by Crippen LogP contribution is 2.16. The first-order valence-corrected chi connectivity index (χ1v) is 7.37. The van der Waals surface area contributed by atoms with Gasteiger partial charge >= 0.3 is 0 Å². The number of nitrogens with zero attached hydrogens (tertiary/aromatic N) is 1. The van der Waals surface area contributed by atoms with Crippen LogP contribution in [0.15, 0.2) is 24.3 Å². The van der Waals surface area contributed by atoms with Gasteiger partial charge in [-0.2, -0.15) is 0 Å². The second-order valence-electron chi connectivity index (χ2n) is 5.81. The Morgan fingerprint density at radius 1 is 1.35 bits per heavy atom. The normalized spacial score (nSPS) is 20.2. The smallest absolute Gasteiger partial charge is 0.251 e. The highest BCUT2D eigenvalue weighted by Gasteiger charge is 2.21. The average molecular weight is 275 g/mol. The Hall–Kier alpha value is -1.55. The van der Waals surface area contributed by atoms with E-state index in [9.17, 15) is 4.79 Å². The van der Waals surface area contributed by atoms with Crippen molar-refractivity contribution in [3.05, 3.63) is 29.8 Å². The molecule has 4 nitrogen and oxygen atoms in total. The highest BCUT2D eigenvalue weighted by atomic mass is 16.1. The van der Waals surface area contributed by atoms with E-state index in [-0.39, 0.29) is 11.9 Å². The molecule has 1 fully saturated rings. The molecule has 0 spiro atoms. The molecule has 2 unspecified atom stereocenters. The molecule has 1 aromatic carbocycles. The van der Waals surface area contributed by atoms with Crippen molar-refractivity contribution in [3.8, 4) is 0 Å². The molecular weight excluding hydrogens is 250 g/mol. The Bertz CT molecular complexity index is 436. The third-order valence-electron chi connectivity index (χ3n) is 4.05. The lowest BCUT2D eigenvalue weighted by Gasteiger charge is -2.29. The first-order chi connectivity index (χ1) is 9.58. The van der Waals surface area contributed by atoms with E-state index in [0.29, 0.717) is 5.92 Å². The summed E-state index contributed by atoms with van der Waals surface area (Å²) < 4.78 is 0. The quantitative estimate of drug-likeness (QED) is 0.882. The summed E-state index contributed by atoms with van der Waals surface area (Å²) in [6.07, 6.45) is 2.39. The Labute approximate surface area is 121 Å². The van der Waals surface area contributed by atoms with Crippen molar-refractivity contribution in [1.82, 2.24) is 10.6 Å². The van der Waals surface area contributed by atoms with Crippen LogP contribution in [0.3, 0.4) is 0 Å². The standard InChI is InChI=1S/C16H25N3O/c1-12(14-5-4-10-17-11-14)18-16(20)13-6-8-15(9-7-13)19(2)3/h6-9,12,14,17H,4-5,10-11H2,1-3H3,(H,18,20). The van der Waals surface area contributed by atoms with Gasteiger partial charge in [0.25, 0.3) is 5.91 Å². The van der Waals surface area contributed by atoms with E-state index < -0.39 is 0 Å². The molecule has 1 saturated heterocycles. The summed E-state index contributed by atoms with van der Waals surface area (Å²) in [6, 6.07) is 7.93. The minimum atomic E-state index is 0.0216. The summed E-state index contributed by atoms with van der Waals surface area (Å²) in [5.41, 5.74) is 1.83. The molecule has 4 heteroatoms. The summed E-state index contributed by atoms with van der Waals surface area (Å²) in [5, 5.41) is 6.51. The molecule has 2 rings (SSSR count). The van der Waals surface area contributed by atoms with Gasteiger partial charge in [0.2, 0.25) is 0 Å². The lowest BCUT2D eigenvalue weighted by Crippen LogP contribution is -2.44. The van der Waals surface area contributed by atoms with Crippen molar-refractivity contribution in [3.63, 3.8) is 0 Å². The van der Waals surface area contributed by atoms with Crippen molar-refractivity contribution < 1.29 is 4.79 Å². The zero-order valence-electron chi connectivity index (χ0n) is 12.6. The van der Waals surface area contributed by atoms with Crippen LogP contribution in [0.2, 0.25) is 0 Å². The first kappa shape index (κ1) is 14.9. The van der Waals surface area contributed by atoms with Gasteiger partial charge in [0.05, 0.1) is 0 Å². The summed E-state index contributed by atoms with van der Waals surface area (Å²) in [6.45, 7) is 4.20. The number of rotatable bonds is 4.